The van der Waals surface area contributed by atoms with Gasteiger partial charge in [0.1, 0.15) is 0 Å². The van der Waals surface area contributed by atoms with E-state index < -0.39 is 0 Å². The molecule has 3 rings (SSSR count). The maximum Gasteiger partial charge on any atom is 0.257 e. The van der Waals surface area contributed by atoms with Crippen molar-refractivity contribution in [2.45, 2.75) is 13.3 Å². The molecule has 0 atom stereocenters. The van der Waals surface area contributed by atoms with E-state index in [4.69, 9.17) is 0 Å². The van der Waals surface area contributed by atoms with Gasteiger partial charge in [-0.1, -0.05) is 18.2 Å². The monoisotopic (exact) mass is 284 g/mol. The Kier molecular flexibility index (Phi) is 3.90. The lowest BCUT2D eigenvalue weighted by Gasteiger charge is -2.25. The number of anilines is 1. The Bertz CT molecular complexity index is 608. The highest BCUT2D eigenvalue weighted by atomic mass is 16.2. The number of rotatable bonds is 2. The van der Waals surface area contributed by atoms with E-state index in [1.807, 2.05) is 4.90 Å². The minimum atomic E-state index is 0.0652. The van der Waals surface area contributed by atoms with Gasteiger partial charge in [-0.15, -0.1) is 0 Å². The van der Waals surface area contributed by atoms with Crippen LogP contribution in [0.15, 0.2) is 36.7 Å². The fourth-order valence-electron chi connectivity index (χ4n) is 2.83. The molecule has 1 aromatic heterocycles. The number of carbonyl (C=O) groups excluding carboxylic acids is 1. The predicted octanol–water partition coefficient (Wildman–Crippen LogP) is 2.07. The van der Waals surface area contributed by atoms with Crippen molar-refractivity contribution in [1.29, 1.82) is 0 Å². The molecule has 110 valence electrons. The molecule has 0 aliphatic carbocycles. The lowest BCUT2D eigenvalue weighted by molar-refractivity contribution is 0.0767. The highest BCUT2D eigenvalue weighted by Gasteiger charge is 2.21. The van der Waals surface area contributed by atoms with Crippen LogP contribution >= 0.6 is 0 Å². The zero-order chi connectivity index (χ0) is 14.7. The molecule has 1 aliphatic heterocycles. The molecule has 5 nitrogen and oxygen atoms in total. The van der Waals surface area contributed by atoms with E-state index in [1.165, 1.54) is 11.3 Å². The van der Waals surface area contributed by atoms with Gasteiger partial charge in [0.25, 0.3) is 5.91 Å². The van der Waals surface area contributed by atoms with E-state index in [0.717, 1.165) is 32.6 Å². The smallest absolute Gasteiger partial charge is 0.257 e. The quantitative estimate of drug-likeness (QED) is 0.918. The van der Waals surface area contributed by atoms with Gasteiger partial charge in [-0.2, -0.15) is 5.10 Å². The van der Waals surface area contributed by atoms with E-state index >= 15 is 0 Å². The first-order valence-electron chi connectivity index (χ1n) is 7.34. The minimum Gasteiger partial charge on any atom is -0.369 e. The molecule has 2 heterocycles. The average molecular weight is 284 g/mol. The van der Waals surface area contributed by atoms with Crippen LogP contribution in [0.1, 0.15) is 22.3 Å². The van der Waals surface area contributed by atoms with Crippen LogP contribution in [0.25, 0.3) is 0 Å². The molecule has 1 N–H and O–H groups in total. The summed E-state index contributed by atoms with van der Waals surface area (Å²) in [5.41, 5.74) is 3.20. The summed E-state index contributed by atoms with van der Waals surface area (Å²) >= 11 is 0. The van der Waals surface area contributed by atoms with Crippen molar-refractivity contribution in [3.05, 3.63) is 47.8 Å². The Morgan fingerprint density at radius 3 is 2.81 bits per heavy atom. The highest BCUT2D eigenvalue weighted by molar-refractivity contribution is 5.93. The molecule has 0 unspecified atom stereocenters. The summed E-state index contributed by atoms with van der Waals surface area (Å²) in [5.74, 6) is 0.0652. The third kappa shape index (κ3) is 2.91. The second-order valence-electron chi connectivity index (χ2n) is 5.41. The summed E-state index contributed by atoms with van der Waals surface area (Å²) in [6.45, 7) is 5.54. The number of hydrogen-bond acceptors (Lipinski definition) is 3. The van der Waals surface area contributed by atoms with E-state index in [-0.39, 0.29) is 5.91 Å². The van der Waals surface area contributed by atoms with Crippen LogP contribution in [0.2, 0.25) is 0 Å². The van der Waals surface area contributed by atoms with Crippen LogP contribution in [0.4, 0.5) is 5.69 Å². The Labute approximate surface area is 124 Å². The van der Waals surface area contributed by atoms with Gasteiger partial charge in [-0.05, 0) is 25.0 Å². The van der Waals surface area contributed by atoms with E-state index in [9.17, 15) is 4.79 Å². The molecule has 5 heteroatoms. The van der Waals surface area contributed by atoms with Crippen LogP contribution in [0.5, 0.6) is 0 Å². The molecule has 1 aliphatic rings. The second-order valence-corrected chi connectivity index (χ2v) is 5.41. The largest absolute Gasteiger partial charge is 0.369 e. The molecule has 0 saturated carbocycles. The summed E-state index contributed by atoms with van der Waals surface area (Å²) in [7, 11) is 0. The predicted molar refractivity (Wildman–Crippen MR) is 82.5 cm³/mol. The average Bonchev–Trinajstić information content (AvgIpc) is 2.92. The molecule has 1 aromatic carbocycles. The van der Waals surface area contributed by atoms with Gasteiger partial charge in [-0.3, -0.25) is 9.89 Å². The summed E-state index contributed by atoms with van der Waals surface area (Å²) in [5, 5.41) is 6.55. The van der Waals surface area contributed by atoms with Crippen molar-refractivity contribution < 1.29 is 4.79 Å². The summed E-state index contributed by atoms with van der Waals surface area (Å²) in [4.78, 5) is 16.7. The number of para-hydroxylation sites is 1. The molecule has 2 aromatic rings. The number of benzene rings is 1. The number of hydrogen-bond donors (Lipinski definition) is 1. The second kappa shape index (κ2) is 5.99. The van der Waals surface area contributed by atoms with Gasteiger partial charge in [0.05, 0.1) is 11.8 Å². The Balaban J connectivity index is 1.70. The first kappa shape index (κ1) is 13.7. The number of carbonyl (C=O) groups is 1. The van der Waals surface area contributed by atoms with Crippen LogP contribution in [0, 0.1) is 6.92 Å². The topological polar surface area (TPSA) is 52.2 Å². The van der Waals surface area contributed by atoms with E-state index in [0.29, 0.717) is 5.56 Å². The first-order chi connectivity index (χ1) is 10.3. The highest BCUT2D eigenvalue weighted by Crippen LogP contribution is 2.21. The lowest BCUT2D eigenvalue weighted by Crippen LogP contribution is -2.35. The SMILES string of the molecule is Cc1ccccc1N1CCCN(C(=O)c2cn[nH]c2)CC1. The summed E-state index contributed by atoms with van der Waals surface area (Å²) in [6.07, 6.45) is 4.23. The number of aromatic nitrogens is 2. The maximum absolute atomic E-state index is 12.4. The van der Waals surface area contributed by atoms with E-state index in [2.05, 4.69) is 46.3 Å². The normalized spacial score (nSPS) is 15.9. The number of nitrogens with one attached hydrogen (secondary N) is 1. The van der Waals surface area contributed by atoms with Crippen molar-refractivity contribution in [1.82, 2.24) is 15.1 Å². The van der Waals surface area contributed by atoms with Crippen molar-refractivity contribution in [3.63, 3.8) is 0 Å². The zero-order valence-corrected chi connectivity index (χ0v) is 12.2. The van der Waals surface area contributed by atoms with Crippen molar-refractivity contribution in [2.75, 3.05) is 31.1 Å². The Morgan fingerprint density at radius 2 is 2.05 bits per heavy atom. The molecule has 1 saturated heterocycles. The number of nitrogens with zero attached hydrogens (tertiary/aromatic N) is 3. The van der Waals surface area contributed by atoms with Crippen molar-refractivity contribution in [2.24, 2.45) is 0 Å². The number of amides is 1. The lowest BCUT2D eigenvalue weighted by atomic mass is 10.2. The van der Waals surface area contributed by atoms with Gasteiger partial charge in [0.2, 0.25) is 0 Å². The standard InChI is InChI=1S/C16H20N4O/c1-13-5-2-3-6-15(13)19-7-4-8-20(10-9-19)16(21)14-11-17-18-12-14/h2-3,5-6,11-12H,4,7-10H2,1H3,(H,17,18). The minimum absolute atomic E-state index is 0.0652. The van der Waals surface area contributed by atoms with Crippen LogP contribution < -0.4 is 4.90 Å². The molecule has 1 amide bonds. The Morgan fingerprint density at radius 1 is 1.19 bits per heavy atom. The van der Waals surface area contributed by atoms with Crippen LogP contribution in [-0.2, 0) is 0 Å². The zero-order valence-electron chi connectivity index (χ0n) is 12.2. The molecule has 21 heavy (non-hydrogen) atoms. The van der Waals surface area contributed by atoms with Gasteiger partial charge < -0.3 is 9.80 Å². The maximum atomic E-state index is 12.4. The molecule has 0 bridgehead atoms. The van der Waals surface area contributed by atoms with Crippen LogP contribution in [-0.4, -0.2) is 47.2 Å². The van der Waals surface area contributed by atoms with Crippen molar-refractivity contribution >= 4 is 11.6 Å². The molecule has 1 fully saturated rings. The molecule has 0 spiro atoms. The molecular weight excluding hydrogens is 264 g/mol. The third-order valence-electron chi connectivity index (χ3n) is 3.98. The number of aryl methyl sites for hydroxylation is 1. The van der Waals surface area contributed by atoms with E-state index in [1.54, 1.807) is 12.4 Å². The molecule has 0 radical (unpaired) electrons. The molecular formula is C16H20N4O. The first-order valence-corrected chi connectivity index (χ1v) is 7.34. The van der Waals surface area contributed by atoms with Crippen molar-refractivity contribution in [3.8, 4) is 0 Å². The van der Waals surface area contributed by atoms with Gasteiger partial charge in [0, 0.05) is 38.1 Å². The van der Waals surface area contributed by atoms with Gasteiger partial charge in [0.15, 0.2) is 0 Å². The number of aromatic amines is 1. The number of H-pyrrole nitrogens is 1. The van der Waals surface area contributed by atoms with Crippen LogP contribution in [0.3, 0.4) is 0 Å². The van der Waals surface area contributed by atoms with Gasteiger partial charge in [-0.25, -0.2) is 0 Å². The van der Waals surface area contributed by atoms with Gasteiger partial charge >= 0.3 is 0 Å². The summed E-state index contributed by atoms with van der Waals surface area (Å²) < 4.78 is 0. The fourth-order valence-corrected chi connectivity index (χ4v) is 2.83. The summed E-state index contributed by atoms with van der Waals surface area (Å²) in [6, 6.07) is 8.42. The fraction of sp³-hybridized carbons (Fsp3) is 0.375. The Hall–Kier alpha value is -2.30. The third-order valence-corrected chi connectivity index (χ3v) is 3.98.